The van der Waals surface area contributed by atoms with Crippen molar-refractivity contribution in [3.8, 4) is 11.3 Å². The number of hydrogen-bond donors (Lipinski definition) is 1. The minimum absolute atomic E-state index is 0.240. The molecule has 0 saturated heterocycles. The van der Waals surface area contributed by atoms with Crippen molar-refractivity contribution in [3.63, 3.8) is 0 Å². The first kappa shape index (κ1) is 12.6. The summed E-state index contributed by atoms with van der Waals surface area (Å²) in [7, 11) is 0. The minimum Gasteiger partial charge on any atom is -0.460 e. The van der Waals surface area contributed by atoms with Gasteiger partial charge in [-0.1, -0.05) is 6.08 Å². The van der Waals surface area contributed by atoms with Crippen LogP contribution >= 0.6 is 0 Å². The maximum absolute atomic E-state index is 12.8. The molecule has 2 rings (SSSR count). The van der Waals surface area contributed by atoms with Crippen molar-refractivity contribution >= 4 is 0 Å². The van der Waals surface area contributed by atoms with Gasteiger partial charge in [-0.05, 0) is 43.3 Å². The number of nitrogens with one attached hydrogen (secondary N) is 1. The molecular weight excluding hydrogens is 229 g/mol. The molecule has 0 saturated carbocycles. The Balaban J connectivity index is 2.06. The summed E-state index contributed by atoms with van der Waals surface area (Å²) in [6, 6.07) is 10.3. The molecule has 1 aromatic carbocycles. The molecule has 0 amide bonds. The molecule has 2 aromatic rings. The Morgan fingerprint density at radius 3 is 2.67 bits per heavy atom. The SMILES string of the molecule is C=CC(C)NCc1ccc(-c2ccc(F)cc2)o1. The van der Waals surface area contributed by atoms with Crippen LogP contribution in [0, 0.1) is 5.82 Å². The van der Waals surface area contributed by atoms with E-state index in [0.717, 1.165) is 17.1 Å². The van der Waals surface area contributed by atoms with E-state index < -0.39 is 0 Å². The van der Waals surface area contributed by atoms with E-state index in [4.69, 9.17) is 4.42 Å². The highest BCUT2D eigenvalue weighted by molar-refractivity contribution is 5.57. The summed E-state index contributed by atoms with van der Waals surface area (Å²) in [6.45, 7) is 6.38. The quantitative estimate of drug-likeness (QED) is 0.811. The van der Waals surface area contributed by atoms with E-state index in [1.54, 1.807) is 12.1 Å². The Morgan fingerprint density at radius 2 is 2.00 bits per heavy atom. The normalized spacial score (nSPS) is 12.3. The molecule has 94 valence electrons. The molecule has 2 nitrogen and oxygen atoms in total. The van der Waals surface area contributed by atoms with Gasteiger partial charge in [0.15, 0.2) is 0 Å². The van der Waals surface area contributed by atoms with Crippen LogP contribution in [0.15, 0.2) is 53.5 Å². The van der Waals surface area contributed by atoms with Gasteiger partial charge in [0, 0.05) is 11.6 Å². The first-order valence-electron chi connectivity index (χ1n) is 5.89. The lowest BCUT2D eigenvalue weighted by atomic mass is 10.2. The molecule has 0 bridgehead atoms. The fraction of sp³-hybridized carbons (Fsp3) is 0.200. The van der Waals surface area contributed by atoms with E-state index in [1.165, 1.54) is 12.1 Å². The Morgan fingerprint density at radius 1 is 1.28 bits per heavy atom. The van der Waals surface area contributed by atoms with Gasteiger partial charge in [-0.3, -0.25) is 0 Å². The van der Waals surface area contributed by atoms with Crippen molar-refractivity contribution in [2.45, 2.75) is 19.5 Å². The highest BCUT2D eigenvalue weighted by Gasteiger charge is 2.05. The fourth-order valence-electron chi connectivity index (χ4n) is 1.59. The van der Waals surface area contributed by atoms with Crippen molar-refractivity contribution in [2.24, 2.45) is 0 Å². The van der Waals surface area contributed by atoms with Crippen molar-refractivity contribution in [1.82, 2.24) is 5.32 Å². The first-order chi connectivity index (χ1) is 8.69. The van der Waals surface area contributed by atoms with Crippen LogP contribution in [0.25, 0.3) is 11.3 Å². The lowest BCUT2D eigenvalue weighted by Crippen LogP contribution is -2.22. The Hall–Kier alpha value is -1.87. The Bertz CT molecular complexity index is 516. The number of hydrogen-bond acceptors (Lipinski definition) is 2. The van der Waals surface area contributed by atoms with Crippen molar-refractivity contribution < 1.29 is 8.81 Å². The highest BCUT2D eigenvalue weighted by atomic mass is 19.1. The maximum Gasteiger partial charge on any atom is 0.134 e. The van der Waals surface area contributed by atoms with Crippen LogP contribution in [0.1, 0.15) is 12.7 Å². The second-order valence-corrected chi connectivity index (χ2v) is 4.18. The van der Waals surface area contributed by atoms with Crippen molar-refractivity contribution in [1.29, 1.82) is 0 Å². The second-order valence-electron chi connectivity index (χ2n) is 4.18. The van der Waals surface area contributed by atoms with Gasteiger partial charge in [-0.15, -0.1) is 6.58 Å². The maximum atomic E-state index is 12.8. The summed E-state index contributed by atoms with van der Waals surface area (Å²) in [6.07, 6.45) is 1.84. The second kappa shape index (κ2) is 5.65. The van der Waals surface area contributed by atoms with Crippen LogP contribution in [0.5, 0.6) is 0 Å². The lowest BCUT2D eigenvalue weighted by Gasteiger charge is -2.06. The van der Waals surface area contributed by atoms with Crippen LogP contribution in [-0.2, 0) is 6.54 Å². The summed E-state index contributed by atoms with van der Waals surface area (Å²) in [5, 5.41) is 3.25. The number of furan rings is 1. The van der Waals surface area contributed by atoms with E-state index in [0.29, 0.717) is 6.54 Å². The lowest BCUT2D eigenvalue weighted by molar-refractivity contribution is 0.484. The first-order valence-corrected chi connectivity index (χ1v) is 5.89. The number of rotatable bonds is 5. The van der Waals surface area contributed by atoms with Gasteiger partial charge in [0.25, 0.3) is 0 Å². The van der Waals surface area contributed by atoms with Gasteiger partial charge < -0.3 is 9.73 Å². The highest BCUT2D eigenvalue weighted by Crippen LogP contribution is 2.22. The summed E-state index contributed by atoms with van der Waals surface area (Å²) in [5.74, 6) is 1.35. The van der Waals surface area contributed by atoms with Gasteiger partial charge in [0.1, 0.15) is 17.3 Å². The molecular formula is C15H16FNO. The third-order valence-corrected chi connectivity index (χ3v) is 2.74. The van der Waals surface area contributed by atoms with Gasteiger partial charge in [0.2, 0.25) is 0 Å². The van der Waals surface area contributed by atoms with E-state index in [-0.39, 0.29) is 11.9 Å². The van der Waals surface area contributed by atoms with Gasteiger partial charge in [-0.2, -0.15) is 0 Å². The van der Waals surface area contributed by atoms with Gasteiger partial charge >= 0.3 is 0 Å². The van der Waals surface area contributed by atoms with Crippen LogP contribution < -0.4 is 5.32 Å². The molecule has 1 heterocycles. The van der Waals surface area contributed by atoms with Crippen molar-refractivity contribution in [3.05, 3.63) is 60.6 Å². The third kappa shape index (κ3) is 3.08. The largest absolute Gasteiger partial charge is 0.460 e. The zero-order chi connectivity index (χ0) is 13.0. The van der Waals surface area contributed by atoms with E-state index in [9.17, 15) is 4.39 Å². The molecule has 3 heteroatoms. The molecule has 0 spiro atoms. The minimum atomic E-state index is -0.244. The molecule has 0 radical (unpaired) electrons. The summed E-state index contributed by atoms with van der Waals surface area (Å²) < 4.78 is 18.5. The van der Waals surface area contributed by atoms with Crippen molar-refractivity contribution in [2.75, 3.05) is 0 Å². The average Bonchev–Trinajstić information content (AvgIpc) is 2.85. The van der Waals surface area contributed by atoms with E-state index in [1.807, 2.05) is 25.1 Å². The van der Waals surface area contributed by atoms with Crippen LogP contribution in [0.4, 0.5) is 4.39 Å². The smallest absolute Gasteiger partial charge is 0.134 e. The molecule has 0 aliphatic rings. The fourth-order valence-corrected chi connectivity index (χ4v) is 1.59. The van der Waals surface area contributed by atoms with E-state index in [2.05, 4.69) is 11.9 Å². The molecule has 1 unspecified atom stereocenters. The molecule has 1 N–H and O–H groups in total. The summed E-state index contributed by atoms with van der Waals surface area (Å²) >= 11 is 0. The molecule has 0 aliphatic heterocycles. The third-order valence-electron chi connectivity index (χ3n) is 2.74. The standard InChI is InChI=1S/C15H16FNO/c1-3-11(2)17-10-14-8-9-15(18-14)12-4-6-13(16)7-5-12/h3-9,11,17H,1,10H2,2H3. The predicted molar refractivity (Wildman–Crippen MR) is 70.6 cm³/mol. The van der Waals surface area contributed by atoms with Gasteiger partial charge in [0.05, 0.1) is 6.54 Å². The van der Waals surface area contributed by atoms with E-state index >= 15 is 0 Å². The summed E-state index contributed by atoms with van der Waals surface area (Å²) in [4.78, 5) is 0. The molecule has 0 fully saturated rings. The van der Waals surface area contributed by atoms with Gasteiger partial charge in [-0.25, -0.2) is 4.39 Å². The molecule has 18 heavy (non-hydrogen) atoms. The molecule has 1 atom stereocenters. The average molecular weight is 245 g/mol. The van der Waals surface area contributed by atoms with Crippen LogP contribution in [0.2, 0.25) is 0 Å². The van der Waals surface area contributed by atoms with Crippen LogP contribution in [0.3, 0.4) is 0 Å². The van der Waals surface area contributed by atoms with Crippen LogP contribution in [-0.4, -0.2) is 6.04 Å². The predicted octanol–water partition coefficient (Wildman–Crippen LogP) is 3.75. The zero-order valence-electron chi connectivity index (χ0n) is 10.3. The summed E-state index contributed by atoms with van der Waals surface area (Å²) in [5.41, 5.74) is 0.874. The monoisotopic (exact) mass is 245 g/mol. The Labute approximate surface area is 106 Å². The molecule has 0 aliphatic carbocycles. The number of halogens is 1. The topological polar surface area (TPSA) is 25.2 Å². The molecule has 1 aromatic heterocycles. The number of benzene rings is 1. The Kier molecular flexibility index (Phi) is 3.95. The zero-order valence-corrected chi connectivity index (χ0v) is 10.3.